The average molecular weight is 308 g/mol. The number of nitrogens with one attached hydrogen (secondary N) is 1. The lowest BCUT2D eigenvalue weighted by Crippen LogP contribution is -2.31. The topological polar surface area (TPSA) is 92.1 Å². The van der Waals surface area contributed by atoms with Crippen molar-refractivity contribution in [1.82, 2.24) is 14.5 Å². The molecule has 0 unspecified atom stereocenters. The van der Waals surface area contributed by atoms with E-state index in [0.29, 0.717) is 24.5 Å². The highest BCUT2D eigenvalue weighted by Crippen LogP contribution is 2.23. The van der Waals surface area contributed by atoms with Crippen molar-refractivity contribution in [3.05, 3.63) is 47.3 Å². The second-order valence-electron chi connectivity index (χ2n) is 4.75. The SMILES string of the molecule is CCN(Cc1ccccc1)S(=O)(=O)c1c(CN)n[nH]c1C. The summed E-state index contributed by atoms with van der Waals surface area (Å²) in [6.07, 6.45) is 0. The normalized spacial score (nSPS) is 12.0. The fraction of sp³-hybridized carbons (Fsp3) is 0.357. The summed E-state index contributed by atoms with van der Waals surface area (Å²) >= 11 is 0. The van der Waals surface area contributed by atoms with E-state index in [4.69, 9.17) is 5.73 Å². The monoisotopic (exact) mass is 308 g/mol. The first-order valence-corrected chi connectivity index (χ1v) is 8.22. The van der Waals surface area contributed by atoms with Gasteiger partial charge in [0.25, 0.3) is 0 Å². The lowest BCUT2D eigenvalue weighted by Gasteiger charge is -2.21. The summed E-state index contributed by atoms with van der Waals surface area (Å²) in [5.41, 5.74) is 7.42. The Morgan fingerprint density at radius 2 is 1.95 bits per heavy atom. The van der Waals surface area contributed by atoms with Crippen LogP contribution in [0.4, 0.5) is 0 Å². The van der Waals surface area contributed by atoms with E-state index in [0.717, 1.165) is 5.56 Å². The number of rotatable bonds is 6. The third kappa shape index (κ3) is 3.15. The summed E-state index contributed by atoms with van der Waals surface area (Å²) < 4.78 is 27.1. The molecule has 1 aromatic carbocycles. The molecule has 1 heterocycles. The molecule has 2 aromatic rings. The van der Waals surface area contributed by atoms with Crippen molar-refractivity contribution in [1.29, 1.82) is 0 Å². The van der Waals surface area contributed by atoms with Crippen molar-refractivity contribution in [2.75, 3.05) is 6.54 Å². The van der Waals surface area contributed by atoms with Crippen LogP contribution in [0.3, 0.4) is 0 Å². The van der Waals surface area contributed by atoms with E-state index in [9.17, 15) is 8.42 Å². The Balaban J connectivity index is 2.38. The molecule has 21 heavy (non-hydrogen) atoms. The number of aromatic amines is 1. The zero-order valence-corrected chi connectivity index (χ0v) is 13.0. The van der Waals surface area contributed by atoms with Crippen LogP contribution >= 0.6 is 0 Å². The van der Waals surface area contributed by atoms with Crippen molar-refractivity contribution < 1.29 is 8.42 Å². The molecule has 0 saturated carbocycles. The lowest BCUT2D eigenvalue weighted by atomic mass is 10.2. The maximum absolute atomic E-state index is 12.8. The Hall–Kier alpha value is -1.70. The van der Waals surface area contributed by atoms with Gasteiger partial charge in [-0.25, -0.2) is 8.42 Å². The molecule has 0 saturated heterocycles. The van der Waals surface area contributed by atoms with Crippen LogP contribution < -0.4 is 5.73 Å². The molecule has 0 aliphatic heterocycles. The number of benzene rings is 1. The van der Waals surface area contributed by atoms with Gasteiger partial charge in [-0.3, -0.25) is 5.10 Å². The molecular weight excluding hydrogens is 288 g/mol. The third-order valence-electron chi connectivity index (χ3n) is 3.31. The Kier molecular flexibility index (Phi) is 4.76. The molecule has 0 fully saturated rings. The number of aromatic nitrogens is 2. The van der Waals surface area contributed by atoms with Gasteiger partial charge in [0.2, 0.25) is 10.0 Å². The van der Waals surface area contributed by atoms with Crippen LogP contribution in [-0.2, 0) is 23.1 Å². The van der Waals surface area contributed by atoms with Crippen LogP contribution in [0.5, 0.6) is 0 Å². The van der Waals surface area contributed by atoms with Gasteiger partial charge < -0.3 is 5.73 Å². The zero-order chi connectivity index (χ0) is 15.5. The quantitative estimate of drug-likeness (QED) is 0.843. The van der Waals surface area contributed by atoms with E-state index >= 15 is 0 Å². The van der Waals surface area contributed by atoms with Crippen molar-refractivity contribution in [3.8, 4) is 0 Å². The fourth-order valence-corrected chi connectivity index (χ4v) is 4.01. The first-order chi connectivity index (χ1) is 10.0. The molecule has 0 amide bonds. The first-order valence-electron chi connectivity index (χ1n) is 6.78. The molecule has 0 atom stereocenters. The van der Waals surface area contributed by atoms with Crippen molar-refractivity contribution in [3.63, 3.8) is 0 Å². The number of H-pyrrole nitrogens is 1. The molecule has 0 aliphatic carbocycles. The summed E-state index contributed by atoms with van der Waals surface area (Å²) in [6.45, 7) is 4.30. The van der Waals surface area contributed by atoms with Gasteiger partial charge in [0.15, 0.2) is 0 Å². The number of sulfonamides is 1. The first kappa shape index (κ1) is 15.7. The summed E-state index contributed by atoms with van der Waals surface area (Å²) in [5.74, 6) is 0. The molecule has 114 valence electrons. The van der Waals surface area contributed by atoms with Crippen molar-refractivity contribution in [2.45, 2.75) is 31.8 Å². The van der Waals surface area contributed by atoms with E-state index in [2.05, 4.69) is 10.2 Å². The van der Waals surface area contributed by atoms with Crippen LogP contribution in [-0.4, -0.2) is 29.5 Å². The molecule has 6 nitrogen and oxygen atoms in total. The van der Waals surface area contributed by atoms with E-state index < -0.39 is 10.0 Å². The molecule has 3 N–H and O–H groups in total. The van der Waals surface area contributed by atoms with Gasteiger partial charge in [0.05, 0.1) is 11.4 Å². The predicted molar refractivity (Wildman–Crippen MR) is 80.9 cm³/mol. The Morgan fingerprint density at radius 3 is 2.52 bits per heavy atom. The van der Waals surface area contributed by atoms with Gasteiger partial charge in [-0.05, 0) is 12.5 Å². The zero-order valence-electron chi connectivity index (χ0n) is 12.2. The van der Waals surface area contributed by atoms with Gasteiger partial charge in [-0.15, -0.1) is 0 Å². The molecule has 7 heteroatoms. The minimum absolute atomic E-state index is 0.0851. The second kappa shape index (κ2) is 6.38. The van der Waals surface area contributed by atoms with Crippen LogP contribution in [0.1, 0.15) is 23.9 Å². The van der Waals surface area contributed by atoms with Crippen molar-refractivity contribution in [2.24, 2.45) is 5.73 Å². The van der Waals surface area contributed by atoms with E-state index in [1.54, 1.807) is 6.92 Å². The van der Waals surface area contributed by atoms with Gasteiger partial charge in [0, 0.05) is 19.6 Å². The molecule has 2 rings (SSSR count). The number of aryl methyl sites for hydroxylation is 1. The Morgan fingerprint density at radius 1 is 1.29 bits per heavy atom. The van der Waals surface area contributed by atoms with E-state index in [1.165, 1.54) is 4.31 Å². The highest BCUT2D eigenvalue weighted by atomic mass is 32.2. The smallest absolute Gasteiger partial charge is 0.247 e. The number of nitrogens with zero attached hydrogens (tertiary/aromatic N) is 2. The number of hydrogen-bond donors (Lipinski definition) is 2. The van der Waals surface area contributed by atoms with E-state index in [-0.39, 0.29) is 11.4 Å². The molecule has 0 radical (unpaired) electrons. The maximum atomic E-state index is 12.8. The fourth-order valence-electron chi connectivity index (χ4n) is 2.23. The highest BCUT2D eigenvalue weighted by molar-refractivity contribution is 7.89. The Labute approximate surface area is 125 Å². The number of nitrogens with two attached hydrogens (primary N) is 1. The summed E-state index contributed by atoms with van der Waals surface area (Å²) in [6, 6.07) is 9.50. The molecule has 0 aliphatic rings. The summed E-state index contributed by atoms with van der Waals surface area (Å²) in [4.78, 5) is 0.197. The average Bonchev–Trinajstić information content (AvgIpc) is 2.87. The molecule has 0 bridgehead atoms. The van der Waals surface area contributed by atoms with Crippen LogP contribution in [0.25, 0.3) is 0 Å². The van der Waals surface area contributed by atoms with Crippen LogP contribution in [0, 0.1) is 6.92 Å². The third-order valence-corrected chi connectivity index (χ3v) is 5.43. The summed E-state index contributed by atoms with van der Waals surface area (Å²) in [7, 11) is -3.62. The molecular formula is C14H20N4O2S. The lowest BCUT2D eigenvalue weighted by molar-refractivity contribution is 0.422. The second-order valence-corrected chi connectivity index (χ2v) is 6.62. The van der Waals surface area contributed by atoms with Gasteiger partial charge in [0.1, 0.15) is 4.90 Å². The van der Waals surface area contributed by atoms with Crippen LogP contribution in [0.2, 0.25) is 0 Å². The highest BCUT2D eigenvalue weighted by Gasteiger charge is 2.29. The molecule has 1 aromatic heterocycles. The largest absolute Gasteiger partial charge is 0.325 e. The predicted octanol–water partition coefficient (Wildman–Crippen LogP) is 1.39. The van der Waals surface area contributed by atoms with E-state index in [1.807, 2.05) is 37.3 Å². The standard InChI is InChI=1S/C14H20N4O2S/c1-3-18(10-12-7-5-4-6-8-12)21(19,20)14-11(2)16-17-13(14)9-15/h4-8H,3,9-10,15H2,1-2H3,(H,16,17). The van der Waals surface area contributed by atoms with Gasteiger partial charge in [-0.1, -0.05) is 37.3 Å². The minimum atomic E-state index is -3.62. The maximum Gasteiger partial charge on any atom is 0.247 e. The number of hydrogen-bond acceptors (Lipinski definition) is 4. The van der Waals surface area contributed by atoms with Gasteiger partial charge >= 0.3 is 0 Å². The minimum Gasteiger partial charge on any atom is -0.325 e. The molecule has 0 spiro atoms. The van der Waals surface area contributed by atoms with Crippen molar-refractivity contribution >= 4 is 10.0 Å². The summed E-state index contributed by atoms with van der Waals surface area (Å²) in [5, 5.41) is 6.67. The van der Waals surface area contributed by atoms with Crippen LogP contribution in [0.15, 0.2) is 35.2 Å². The van der Waals surface area contributed by atoms with Gasteiger partial charge in [-0.2, -0.15) is 9.40 Å². The Bertz CT molecular complexity index is 695.